The summed E-state index contributed by atoms with van der Waals surface area (Å²) < 4.78 is 5.11. The van der Waals surface area contributed by atoms with Crippen LogP contribution in [-0.4, -0.2) is 23.7 Å². The van der Waals surface area contributed by atoms with Gasteiger partial charge >= 0.3 is 5.97 Å². The molecule has 0 saturated heterocycles. The molecule has 0 spiro atoms. The SMILES string of the molecule is COc1ccc2c(c1)=CC(C)(CC(=O)O)N=2. The van der Waals surface area contributed by atoms with Crippen molar-refractivity contribution in [3.63, 3.8) is 0 Å². The van der Waals surface area contributed by atoms with Crippen LogP contribution < -0.4 is 15.3 Å². The van der Waals surface area contributed by atoms with Crippen molar-refractivity contribution in [1.29, 1.82) is 0 Å². The van der Waals surface area contributed by atoms with Crippen molar-refractivity contribution < 1.29 is 14.6 Å². The summed E-state index contributed by atoms with van der Waals surface area (Å²) in [5, 5.41) is 10.6. The van der Waals surface area contributed by atoms with Crippen LogP contribution in [0, 0.1) is 0 Å². The zero-order valence-electron chi connectivity index (χ0n) is 9.23. The minimum absolute atomic E-state index is 0.00396. The first kappa shape index (κ1) is 10.7. The van der Waals surface area contributed by atoms with Crippen LogP contribution in [-0.2, 0) is 4.79 Å². The average Bonchev–Trinajstić information content (AvgIpc) is 2.50. The van der Waals surface area contributed by atoms with Crippen LogP contribution >= 0.6 is 0 Å². The second kappa shape index (κ2) is 3.63. The van der Waals surface area contributed by atoms with Crippen LogP contribution in [0.4, 0.5) is 0 Å². The molecule has 0 saturated carbocycles. The van der Waals surface area contributed by atoms with Crippen molar-refractivity contribution >= 4 is 12.0 Å². The highest BCUT2D eigenvalue weighted by molar-refractivity contribution is 5.71. The molecule has 1 unspecified atom stereocenters. The monoisotopic (exact) mass is 219 g/mol. The lowest BCUT2D eigenvalue weighted by molar-refractivity contribution is -0.137. The van der Waals surface area contributed by atoms with E-state index in [1.807, 2.05) is 31.2 Å². The van der Waals surface area contributed by atoms with Crippen molar-refractivity contribution in [2.45, 2.75) is 18.9 Å². The standard InChI is InChI=1S/C12H13NO3/c1-12(7-11(14)15)6-8-5-9(16-2)3-4-10(8)13-12/h3-6H,7H2,1-2H3,(H,14,15). The molecule has 1 aromatic rings. The minimum atomic E-state index is -0.845. The minimum Gasteiger partial charge on any atom is -0.497 e. The highest BCUT2D eigenvalue weighted by Crippen LogP contribution is 2.19. The summed E-state index contributed by atoms with van der Waals surface area (Å²) >= 11 is 0. The molecule has 0 aromatic heterocycles. The topological polar surface area (TPSA) is 58.9 Å². The normalized spacial score (nSPS) is 21.9. The molecule has 2 rings (SSSR count). The van der Waals surface area contributed by atoms with E-state index in [2.05, 4.69) is 4.99 Å². The smallest absolute Gasteiger partial charge is 0.306 e. The van der Waals surface area contributed by atoms with Gasteiger partial charge in [-0.1, -0.05) is 0 Å². The molecule has 1 heterocycles. The lowest BCUT2D eigenvalue weighted by Crippen LogP contribution is -2.21. The molecule has 1 aliphatic rings. The van der Waals surface area contributed by atoms with Crippen LogP contribution in [0.1, 0.15) is 13.3 Å². The molecule has 16 heavy (non-hydrogen) atoms. The van der Waals surface area contributed by atoms with Crippen molar-refractivity contribution in [3.05, 3.63) is 28.8 Å². The molecule has 84 valence electrons. The molecule has 1 aliphatic heterocycles. The average molecular weight is 219 g/mol. The quantitative estimate of drug-likeness (QED) is 0.797. The maximum atomic E-state index is 10.7. The number of rotatable bonds is 3. The van der Waals surface area contributed by atoms with E-state index in [0.29, 0.717) is 0 Å². The summed E-state index contributed by atoms with van der Waals surface area (Å²) in [5.74, 6) is -0.0907. The molecule has 0 amide bonds. The summed E-state index contributed by atoms with van der Waals surface area (Å²) in [6, 6.07) is 5.53. The van der Waals surface area contributed by atoms with Gasteiger partial charge in [-0.15, -0.1) is 0 Å². The first-order valence-electron chi connectivity index (χ1n) is 5.01. The van der Waals surface area contributed by atoms with E-state index in [1.54, 1.807) is 7.11 Å². The summed E-state index contributed by atoms with van der Waals surface area (Å²) in [5.41, 5.74) is -0.638. The highest BCUT2D eigenvalue weighted by atomic mass is 16.5. The fourth-order valence-electron chi connectivity index (χ4n) is 1.92. The summed E-state index contributed by atoms with van der Waals surface area (Å²) in [7, 11) is 1.60. The Morgan fingerprint density at radius 1 is 1.56 bits per heavy atom. The van der Waals surface area contributed by atoms with Gasteiger partial charge in [0.05, 0.1) is 24.4 Å². The summed E-state index contributed by atoms with van der Waals surface area (Å²) in [6.45, 7) is 1.81. The Labute approximate surface area is 92.9 Å². The number of carboxylic acid groups (broad SMARTS) is 1. The lowest BCUT2D eigenvalue weighted by atomic mass is 9.99. The largest absolute Gasteiger partial charge is 0.497 e. The van der Waals surface area contributed by atoms with Crippen molar-refractivity contribution in [3.8, 4) is 5.75 Å². The fraction of sp³-hybridized carbons (Fsp3) is 0.333. The molecule has 1 aromatic carbocycles. The van der Waals surface area contributed by atoms with Crippen LogP contribution in [0.3, 0.4) is 0 Å². The first-order valence-corrected chi connectivity index (χ1v) is 5.01. The number of fused-ring (bicyclic) bond motifs is 1. The molecule has 4 nitrogen and oxygen atoms in total. The number of nitrogens with zero attached hydrogens (tertiary/aromatic N) is 1. The zero-order valence-corrected chi connectivity index (χ0v) is 9.23. The molecule has 0 bridgehead atoms. The number of carbonyl (C=O) groups is 1. The molecule has 1 N–H and O–H groups in total. The van der Waals surface area contributed by atoms with Gasteiger partial charge in [0.2, 0.25) is 0 Å². The van der Waals surface area contributed by atoms with Crippen LogP contribution in [0.5, 0.6) is 5.75 Å². The second-order valence-electron chi connectivity index (χ2n) is 4.11. The Morgan fingerprint density at radius 2 is 2.31 bits per heavy atom. The van der Waals surface area contributed by atoms with Crippen LogP contribution in [0.15, 0.2) is 23.2 Å². The van der Waals surface area contributed by atoms with Crippen LogP contribution in [0.2, 0.25) is 0 Å². The fourth-order valence-corrected chi connectivity index (χ4v) is 1.92. The van der Waals surface area contributed by atoms with Gasteiger partial charge in [-0.3, -0.25) is 9.79 Å². The number of carboxylic acids is 1. The van der Waals surface area contributed by atoms with E-state index in [1.165, 1.54) is 0 Å². The van der Waals surface area contributed by atoms with Gasteiger partial charge in [-0.2, -0.15) is 0 Å². The molecule has 0 fully saturated rings. The summed E-state index contributed by atoms with van der Waals surface area (Å²) in [4.78, 5) is 15.1. The third-order valence-electron chi connectivity index (χ3n) is 2.59. The lowest BCUT2D eigenvalue weighted by Gasteiger charge is -2.14. The van der Waals surface area contributed by atoms with Crippen molar-refractivity contribution in [2.24, 2.45) is 4.99 Å². The predicted molar refractivity (Wildman–Crippen MR) is 58.9 cm³/mol. The highest BCUT2D eigenvalue weighted by Gasteiger charge is 2.26. The Morgan fingerprint density at radius 3 is 2.94 bits per heavy atom. The number of hydrogen-bond donors (Lipinski definition) is 1. The zero-order chi connectivity index (χ0) is 11.8. The molecular formula is C12H13NO3. The van der Waals surface area contributed by atoms with Crippen LogP contribution in [0.25, 0.3) is 6.08 Å². The molecule has 0 aliphatic carbocycles. The van der Waals surface area contributed by atoms with E-state index in [9.17, 15) is 4.79 Å². The van der Waals surface area contributed by atoms with Gasteiger partial charge in [0.25, 0.3) is 0 Å². The third-order valence-corrected chi connectivity index (χ3v) is 2.59. The summed E-state index contributed by atoms with van der Waals surface area (Å²) in [6.07, 6.45) is 1.88. The number of ether oxygens (including phenoxy) is 1. The van der Waals surface area contributed by atoms with Crippen molar-refractivity contribution in [1.82, 2.24) is 0 Å². The number of hydrogen-bond acceptors (Lipinski definition) is 3. The van der Waals surface area contributed by atoms with Gasteiger partial charge in [0.15, 0.2) is 0 Å². The van der Waals surface area contributed by atoms with Crippen molar-refractivity contribution in [2.75, 3.05) is 7.11 Å². The maximum Gasteiger partial charge on any atom is 0.306 e. The Balaban J connectivity index is 2.47. The predicted octanol–water partition coefficient (Wildman–Crippen LogP) is 0.342. The van der Waals surface area contributed by atoms with E-state index in [0.717, 1.165) is 16.3 Å². The Hall–Kier alpha value is -1.84. The van der Waals surface area contributed by atoms with E-state index in [4.69, 9.17) is 9.84 Å². The molecule has 1 atom stereocenters. The molecular weight excluding hydrogens is 206 g/mol. The first-order chi connectivity index (χ1) is 7.52. The van der Waals surface area contributed by atoms with E-state index >= 15 is 0 Å². The number of aliphatic carboxylic acids is 1. The Kier molecular flexibility index (Phi) is 2.42. The second-order valence-corrected chi connectivity index (χ2v) is 4.11. The maximum absolute atomic E-state index is 10.7. The van der Waals surface area contributed by atoms with E-state index < -0.39 is 11.5 Å². The Bertz CT molecular complexity index is 550. The van der Waals surface area contributed by atoms with Gasteiger partial charge < -0.3 is 9.84 Å². The number of benzene rings is 1. The van der Waals surface area contributed by atoms with E-state index in [-0.39, 0.29) is 6.42 Å². The molecule has 0 radical (unpaired) electrons. The van der Waals surface area contributed by atoms with Gasteiger partial charge in [0, 0.05) is 5.22 Å². The molecule has 4 heteroatoms. The van der Waals surface area contributed by atoms with Gasteiger partial charge in [0.1, 0.15) is 5.75 Å². The number of methoxy groups -OCH3 is 1. The van der Waals surface area contributed by atoms with Gasteiger partial charge in [-0.05, 0) is 31.2 Å². The third kappa shape index (κ3) is 1.91. The van der Waals surface area contributed by atoms with Gasteiger partial charge in [-0.25, -0.2) is 0 Å².